The van der Waals surface area contributed by atoms with Gasteiger partial charge in [-0.15, -0.1) is 0 Å². The summed E-state index contributed by atoms with van der Waals surface area (Å²) >= 11 is 0. The van der Waals surface area contributed by atoms with Gasteiger partial charge in [-0.05, 0) is 71.2 Å². The number of nitrogens with one attached hydrogen (secondary N) is 1. The fourth-order valence-corrected chi connectivity index (χ4v) is 3.90. The topological polar surface area (TPSA) is 58.4 Å². The molecule has 4 rings (SSSR count). The molecule has 25 heavy (non-hydrogen) atoms. The first-order chi connectivity index (χ1) is 11.9. The maximum atomic E-state index is 13.1. The SMILES string of the molecule is Cc1cccc2c(C(C)(C)C(=O)NC3(CN4CCCC4)CC3)noc12. The highest BCUT2D eigenvalue weighted by atomic mass is 16.5. The number of fused-ring (bicyclic) bond motifs is 1. The molecule has 1 saturated heterocycles. The van der Waals surface area contributed by atoms with Crippen LogP contribution in [0, 0.1) is 6.92 Å². The average Bonchev–Trinajstić information content (AvgIpc) is 2.99. The summed E-state index contributed by atoms with van der Waals surface area (Å²) in [5.41, 5.74) is 1.78. The van der Waals surface area contributed by atoms with E-state index in [-0.39, 0.29) is 11.4 Å². The Labute approximate surface area is 148 Å². The van der Waals surface area contributed by atoms with Gasteiger partial charge in [-0.2, -0.15) is 0 Å². The molecule has 1 amide bonds. The number of carbonyl (C=O) groups excluding carboxylic acids is 1. The number of likely N-dealkylation sites (tertiary alicyclic amines) is 1. The molecule has 1 aromatic heterocycles. The molecule has 134 valence electrons. The lowest BCUT2D eigenvalue weighted by atomic mass is 9.85. The largest absolute Gasteiger partial charge is 0.356 e. The predicted molar refractivity (Wildman–Crippen MR) is 97.6 cm³/mol. The van der Waals surface area contributed by atoms with Crippen molar-refractivity contribution in [2.24, 2.45) is 0 Å². The van der Waals surface area contributed by atoms with Crippen LogP contribution in [0.25, 0.3) is 11.0 Å². The Morgan fingerprint density at radius 3 is 2.72 bits per heavy atom. The van der Waals surface area contributed by atoms with Crippen molar-refractivity contribution in [1.82, 2.24) is 15.4 Å². The van der Waals surface area contributed by atoms with Crippen LogP contribution in [0.4, 0.5) is 0 Å². The molecular weight excluding hydrogens is 314 g/mol. The highest BCUT2D eigenvalue weighted by Crippen LogP contribution is 2.39. The Bertz CT molecular complexity index is 798. The summed E-state index contributed by atoms with van der Waals surface area (Å²) in [6.45, 7) is 9.18. The third kappa shape index (κ3) is 2.95. The summed E-state index contributed by atoms with van der Waals surface area (Å²) in [6, 6.07) is 5.97. The number of benzene rings is 1. The van der Waals surface area contributed by atoms with Crippen LogP contribution in [-0.4, -0.2) is 41.1 Å². The fraction of sp³-hybridized carbons (Fsp3) is 0.600. The van der Waals surface area contributed by atoms with Gasteiger partial charge in [-0.1, -0.05) is 17.3 Å². The number of rotatable bonds is 5. The fourth-order valence-electron chi connectivity index (χ4n) is 3.90. The average molecular weight is 341 g/mol. The maximum absolute atomic E-state index is 13.1. The van der Waals surface area contributed by atoms with E-state index in [0.29, 0.717) is 0 Å². The molecule has 5 nitrogen and oxygen atoms in total. The van der Waals surface area contributed by atoms with E-state index in [1.807, 2.05) is 39.0 Å². The zero-order valence-electron chi connectivity index (χ0n) is 15.4. The second-order valence-electron chi connectivity index (χ2n) is 8.33. The van der Waals surface area contributed by atoms with Crippen molar-refractivity contribution in [1.29, 1.82) is 0 Å². The van der Waals surface area contributed by atoms with Crippen molar-refractivity contribution < 1.29 is 9.32 Å². The lowest BCUT2D eigenvalue weighted by Crippen LogP contribution is -2.51. The standard InChI is InChI=1S/C20H27N3O2/c1-14-7-6-8-15-16(14)25-22-17(15)19(2,3)18(24)21-20(9-10-20)13-23-11-4-5-12-23/h6-8H,4-5,9-13H2,1-3H3,(H,21,24). The van der Waals surface area contributed by atoms with Crippen molar-refractivity contribution in [2.45, 2.75) is 57.4 Å². The normalized spacial score (nSPS) is 20.1. The Kier molecular flexibility index (Phi) is 3.87. The lowest BCUT2D eigenvalue weighted by Gasteiger charge is -2.29. The first-order valence-corrected chi connectivity index (χ1v) is 9.32. The van der Waals surface area contributed by atoms with Gasteiger partial charge in [-0.3, -0.25) is 4.79 Å². The minimum Gasteiger partial charge on any atom is -0.356 e. The number of aromatic nitrogens is 1. The highest BCUT2D eigenvalue weighted by Gasteiger charge is 2.48. The smallest absolute Gasteiger partial charge is 0.232 e. The number of nitrogens with zero attached hydrogens (tertiary/aromatic N) is 2. The van der Waals surface area contributed by atoms with Crippen LogP contribution >= 0.6 is 0 Å². The molecule has 5 heteroatoms. The Hall–Kier alpha value is -1.88. The Morgan fingerprint density at radius 2 is 2.04 bits per heavy atom. The summed E-state index contributed by atoms with van der Waals surface area (Å²) in [5.74, 6) is 0.0425. The van der Waals surface area contributed by atoms with Crippen LogP contribution in [0.3, 0.4) is 0 Å². The molecular formula is C20H27N3O2. The van der Waals surface area contributed by atoms with Crippen LogP contribution in [0.15, 0.2) is 22.7 Å². The van der Waals surface area contributed by atoms with E-state index in [2.05, 4.69) is 15.4 Å². The van der Waals surface area contributed by atoms with E-state index < -0.39 is 5.41 Å². The second kappa shape index (κ2) is 5.84. The zero-order chi connectivity index (χ0) is 17.7. The van der Waals surface area contributed by atoms with Crippen molar-refractivity contribution in [2.75, 3.05) is 19.6 Å². The summed E-state index contributed by atoms with van der Waals surface area (Å²) in [4.78, 5) is 15.6. The molecule has 0 unspecified atom stereocenters. The summed E-state index contributed by atoms with van der Waals surface area (Å²) < 4.78 is 5.53. The van der Waals surface area contributed by atoms with Gasteiger partial charge in [0.1, 0.15) is 5.69 Å². The molecule has 0 atom stereocenters. The van der Waals surface area contributed by atoms with Gasteiger partial charge in [0, 0.05) is 11.9 Å². The van der Waals surface area contributed by atoms with E-state index in [1.54, 1.807) is 0 Å². The molecule has 2 aromatic rings. The predicted octanol–water partition coefficient (Wildman–Crippen LogP) is 3.16. The second-order valence-corrected chi connectivity index (χ2v) is 8.33. The van der Waals surface area contributed by atoms with E-state index in [0.717, 1.165) is 54.7 Å². The quantitative estimate of drug-likeness (QED) is 0.907. The van der Waals surface area contributed by atoms with Crippen LogP contribution in [0.1, 0.15) is 50.8 Å². The lowest BCUT2D eigenvalue weighted by molar-refractivity contribution is -0.127. The summed E-state index contributed by atoms with van der Waals surface area (Å²) in [6.07, 6.45) is 4.70. The Balaban J connectivity index is 1.55. The number of carbonyl (C=O) groups is 1. The van der Waals surface area contributed by atoms with Crippen molar-refractivity contribution in [3.05, 3.63) is 29.5 Å². The van der Waals surface area contributed by atoms with Gasteiger partial charge >= 0.3 is 0 Å². The maximum Gasteiger partial charge on any atom is 0.232 e. The molecule has 2 aliphatic rings. The van der Waals surface area contributed by atoms with Crippen molar-refractivity contribution in [3.8, 4) is 0 Å². The molecule has 2 heterocycles. The molecule has 1 aliphatic carbocycles. The van der Waals surface area contributed by atoms with Gasteiger partial charge in [0.05, 0.1) is 11.0 Å². The number of hydrogen-bond donors (Lipinski definition) is 1. The summed E-state index contributed by atoms with van der Waals surface area (Å²) in [7, 11) is 0. The minimum atomic E-state index is -0.723. The number of amides is 1. The first-order valence-electron chi connectivity index (χ1n) is 9.32. The number of para-hydroxylation sites is 1. The van der Waals surface area contributed by atoms with E-state index in [4.69, 9.17) is 4.52 Å². The van der Waals surface area contributed by atoms with Crippen LogP contribution in [0.5, 0.6) is 0 Å². The number of aryl methyl sites for hydroxylation is 1. The molecule has 0 spiro atoms. The van der Waals surface area contributed by atoms with Crippen molar-refractivity contribution in [3.63, 3.8) is 0 Å². The van der Waals surface area contributed by atoms with E-state index >= 15 is 0 Å². The molecule has 1 N–H and O–H groups in total. The van der Waals surface area contributed by atoms with Gasteiger partial charge in [0.2, 0.25) is 5.91 Å². The van der Waals surface area contributed by atoms with Crippen LogP contribution in [0.2, 0.25) is 0 Å². The summed E-state index contributed by atoms with van der Waals surface area (Å²) in [5, 5.41) is 8.53. The molecule has 1 saturated carbocycles. The molecule has 2 fully saturated rings. The molecule has 1 aromatic carbocycles. The number of hydrogen-bond acceptors (Lipinski definition) is 4. The van der Waals surface area contributed by atoms with Gasteiger partial charge in [0.15, 0.2) is 5.58 Å². The van der Waals surface area contributed by atoms with E-state index in [1.165, 1.54) is 12.8 Å². The zero-order valence-corrected chi connectivity index (χ0v) is 15.4. The van der Waals surface area contributed by atoms with E-state index in [9.17, 15) is 4.79 Å². The van der Waals surface area contributed by atoms with Crippen molar-refractivity contribution >= 4 is 16.9 Å². The highest BCUT2D eigenvalue weighted by molar-refractivity contribution is 5.94. The molecule has 0 radical (unpaired) electrons. The molecule has 0 bridgehead atoms. The Morgan fingerprint density at radius 1 is 1.32 bits per heavy atom. The third-order valence-corrected chi connectivity index (χ3v) is 5.81. The third-order valence-electron chi connectivity index (χ3n) is 5.81. The van der Waals surface area contributed by atoms with Crippen LogP contribution in [-0.2, 0) is 10.2 Å². The van der Waals surface area contributed by atoms with Crippen LogP contribution < -0.4 is 5.32 Å². The monoisotopic (exact) mass is 341 g/mol. The molecule has 1 aliphatic heterocycles. The minimum absolute atomic E-state index is 0.0336. The first kappa shape index (κ1) is 16.6. The van der Waals surface area contributed by atoms with Gasteiger partial charge in [-0.25, -0.2) is 0 Å². The van der Waals surface area contributed by atoms with Gasteiger partial charge in [0.25, 0.3) is 0 Å². The van der Waals surface area contributed by atoms with Gasteiger partial charge < -0.3 is 14.7 Å².